The molecule has 1 fully saturated rings. The zero-order chi connectivity index (χ0) is 15.1. The lowest BCUT2D eigenvalue weighted by Crippen LogP contribution is -2.35. The van der Waals surface area contributed by atoms with Crippen molar-refractivity contribution in [3.8, 4) is 0 Å². The number of rotatable bonds is 7. The van der Waals surface area contributed by atoms with Crippen molar-refractivity contribution < 1.29 is 0 Å². The van der Waals surface area contributed by atoms with Crippen LogP contribution in [0.15, 0.2) is 24.3 Å². The van der Waals surface area contributed by atoms with Crippen LogP contribution in [0.1, 0.15) is 30.9 Å². The lowest BCUT2D eigenvalue weighted by Gasteiger charge is -2.32. The summed E-state index contributed by atoms with van der Waals surface area (Å²) in [5.74, 6) is 0.868. The normalized spacial score (nSPS) is 17.5. The van der Waals surface area contributed by atoms with Crippen LogP contribution in [0.5, 0.6) is 0 Å². The maximum Gasteiger partial charge on any atom is 0.0234 e. The Bertz CT molecular complexity index is 411. The fraction of sp³-hybridized carbons (Fsp3) is 0.667. The number of hydrogen-bond donors (Lipinski definition) is 1. The van der Waals surface area contributed by atoms with E-state index in [0.29, 0.717) is 0 Å². The van der Waals surface area contributed by atoms with Gasteiger partial charge in [0.15, 0.2) is 0 Å². The first-order valence-electron chi connectivity index (χ1n) is 8.33. The molecule has 3 heteroatoms. The molecule has 1 aromatic carbocycles. The molecule has 0 saturated carbocycles. The average Bonchev–Trinajstić information content (AvgIpc) is 2.49. The van der Waals surface area contributed by atoms with E-state index in [1.165, 1.54) is 43.6 Å². The largest absolute Gasteiger partial charge is 0.313 e. The SMILES string of the molecule is CCNCc1ccccc1CN(C)CC1CCN(C)CC1. The zero-order valence-corrected chi connectivity index (χ0v) is 13.9. The molecule has 1 aliphatic rings. The van der Waals surface area contributed by atoms with Crippen LogP contribution in [0.2, 0.25) is 0 Å². The maximum atomic E-state index is 3.44. The third kappa shape index (κ3) is 5.42. The van der Waals surface area contributed by atoms with Gasteiger partial charge < -0.3 is 15.1 Å². The number of hydrogen-bond acceptors (Lipinski definition) is 3. The maximum absolute atomic E-state index is 3.44. The van der Waals surface area contributed by atoms with Crippen molar-refractivity contribution in [1.82, 2.24) is 15.1 Å². The fourth-order valence-corrected chi connectivity index (χ4v) is 3.18. The Balaban J connectivity index is 1.85. The van der Waals surface area contributed by atoms with Gasteiger partial charge in [0.25, 0.3) is 0 Å². The number of piperidine rings is 1. The molecule has 118 valence electrons. The van der Waals surface area contributed by atoms with Crippen LogP contribution in [0.3, 0.4) is 0 Å². The molecule has 1 saturated heterocycles. The Kier molecular flexibility index (Phi) is 6.68. The zero-order valence-electron chi connectivity index (χ0n) is 13.9. The summed E-state index contributed by atoms with van der Waals surface area (Å²) in [5.41, 5.74) is 2.91. The molecule has 0 aromatic heterocycles. The van der Waals surface area contributed by atoms with Crippen molar-refractivity contribution in [2.75, 3.05) is 40.3 Å². The molecule has 1 aliphatic heterocycles. The van der Waals surface area contributed by atoms with Gasteiger partial charge in [0.2, 0.25) is 0 Å². The number of benzene rings is 1. The molecule has 1 N–H and O–H groups in total. The quantitative estimate of drug-likeness (QED) is 0.832. The minimum Gasteiger partial charge on any atom is -0.313 e. The minimum absolute atomic E-state index is 0.868. The number of nitrogens with zero attached hydrogens (tertiary/aromatic N) is 2. The molecule has 0 unspecified atom stereocenters. The predicted molar refractivity (Wildman–Crippen MR) is 90.4 cm³/mol. The van der Waals surface area contributed by atoms with E-state index in [1.54, 1.807) is 0 Å². The highest BCUT2D eigenvalue weighted by atomic mass is 15.1. The van der Waals surface area contributed by atoms with Crippen molar-refractivity contribution in [2.45, 2.75) is 32.9 Å². The van der Waals surface area contributed by atoms with Crippen molar-refractivity contribution in [2.24, 2.45) is 5.92 Å². The van der Waals surface area contributed by atoms with Gasteiger partial charge in [0, 0.05) is 19.6 Å². The van der Waals surface area contributed by atoms with Gasteiger partial charge >= 0.3 is 0 Å². The molecule has 1 aromatic rings. The molecule has 2 rings (SSSR count). The second-order valence-electron chi connectivity index (χ2n) is 6.49. The van der Waals surface area contributed by atoms with Crippen LogP contribution in [0.4, 0.5) is 0 Å². The Hall–Kier alpha value is -0.900. The molecule has 1 heterocycles. The first-order valence-corrected chi connectivity index (χ1v) is 8.33. The van der Waals surface area contributed by atoms with Crippen LogP contribution >= 0.6 is 0 Å². The first-order chi connectivity index (χ1) is 10.2. The average molecular weight is 289 g/mol. The van der Waals surface area contributed by atoms with Gasteiger partial charge in [-0.3, -0.25) is 0 Å². The molecular weight excluding hydrogens is 258 g/mol. The highest BCUT2D eigenvalue weighted by Crippen LogP contribution is 2.18. The molecule has 0 aliphatic carbocycles. The molecule has 0 atom stereocenters. The lowest BCUT2D eigenvalue weighted by molar-refractivity contribution is 0.173. The summed E-state index contributed by atoms with van der Waals surface area (Å²) in [6.07, 6.45) is 2.69. The Morgan fingerprint density at radius 1 is 1.19 bits per heavy atom. The van der Waals surface area contributed by atoms with Crippen molar-refractivity contribution >= 4 is 0 Å². The summed E-state index contributed by atoms with van der Waals surface area (Å²) in [6, 6.07) is 8.83. The number of likely N-dealkylation sites (tertiary alicyclic amines) is 1. The van der Waals surface area contributed by atoms with Crippen molar-refractivity contribution in [1.29, 1.82) is 0 Å². The van der Waals surface area contributed by atoms with Gasteiger partial charge in [-0.05, 0) is 63.6 Å². The van der Waals surface area contributed by atoms with Crippen molar-refractivity contribution in [3.63, 3.8) is 0 Å². The van der Waals surface area contributed by atoms with E-state index < -0.39 is 0 Å². The molecule has 21 heavy (non-hydrogen) atoms. The number of nitrogens with one attached hydrogen (secondary N) is 1. The third-order valence-electron chi connectivity index (χ3n) is 4.53. The monoisotopic (exact) mass is 289 g/mol. The highest BCUT2D eigenvalue weighted by molar-refractivity contribution is 5.26. The van der Waals surface area contributed by atoms with Crippen LogP contribution in [0, 0.1) is 5.92 Å². The second kappa shape index (κ2) is 8.52. The van der Waals surface area contributed by atoms with E-state index in [4.69, 9.17) is 0 Å². The second-order valence-corrected chi connectivity index (χ2v) is 6.49. The Labute approximate surface area is 130 Å². The molecule has 0 radical (unpaired) electrons. The van der Waals surface area contributed by atoms with Crippen LogP contribution in [-0.4, -0.2) is 50.1 Å². The van der Waals surface area contributed by atoms with Gasteiger partial charge in [-0.15, -0.1) is 0 Å². The summed E-state index contributed by atoms with van der Waals surface area (Å²) < 4.78 is 0. The van der Waals surface area contributed by atoms with Gasteiger partial charge in [-0.25, -0.2) is 0 Å². The lowest BCUT2D eigenvalue weighted by atomic mass is 9.96. The molecule has 3 nitrogen and oxygen atoms in total. The summed E-state index contributed by atoms with van der Waals surface area (Å²) >= 11 is 0. The topological polar surface area (TPSA) is 18.5 Å². The predicted octanol–water partition coefficient (Wildman–Crippen LogP) is 2.57. The van der Waals surface area contributed by atoms with Crippen LogP contribution in [-0.2, 0) is 13.1 Å². The van der Waals surface area contributed by atoms with E-state index >= 15 is 0 Å². The van der Waals surface area contributed by atoms with E-state index in [0.717, 1.165) is 25.6 Å². The summed E-state index contributed by atoms with van der Waals surface area (Å²) in [7, 11) is 4.50. The molecule has 0 spiro atoms. The third-order valence-corrected chi connectivity index (χ3v) is 4.53. The molecule has 0 amide bonds. The van der Waals surface area contributed by atoms with E-state index in [2.05, 4.69) is 60.4 Å². The van der Waals surface area contributed by atoms with Crippen molar-refractivity contribution in [3.05, 3.63) is 35.4 Å². The minimum atomic E-state index is 0.868. The van der Waals surface area contributed by atoms with E-state index in [-0.39, 0.29) is 0 Å². The summed E-state index contributed by atoms with van der Waals surface area (Å²) in [4.78, 5) is 4.95. The van der Waals surface area contributed by atoms with Gasteiger partial charge in [-0.2, -0.15) is 0 Å². The summed E-state index contributed by atoms with van der Waals surface area (Å²) in [5, 5.41) is 3.44. The van der Waals surface area contributed by atoms with Gasteiger partial charge in [0.05, 0.1) is 0 Å². The van der Waals surface area contributed by atoms with Crippen LogP contribution < -0.4 is 5.32 Å². The summed E-state index contributed by atoms with van der Waals surface area (Å²) in [6.45, 7) is 8.98. The Morgan fingerprint density at radius 2 is 1.86 bits per heavy atom. The molecular formula is C18H31N3. The highest BCUT2D eigenvalue weighted by Gasteiger charge is 2.18. The van der Waals surface area contributed by atoms with E-state index in [1.807, 2.05) is 0 Å². The van der Waals surface area contributed by atoms with Gasteiger partial charge in [0.1, 0.15) is 0 Å². The van der Waals surface area contributed by atoms with Crippen LogP contribution in [0.25, 0.3) is 0 Å². The molecule has 0 bridgehead atoms. The fourth-order valence-electron chi connectivity index (χ4n) is 3.18. The standard InChI is InChI=1S/C18H31N3/c1-4-19-13-17-7-5-6-8-18(17)15-21(3)14-16-9-11-20(2)12-10-16/h5-8,16,19H,4,9-15H2,1-3H3. The van der Waals surface area contributed by atoms with Gasteiger partial charge in [-0.1, -0.05) is 31.2 Å². The first kappa shape index (κ1) is 16.5. The Morgan fingerprint density at radius 3 is 2.52 bits per heavy atom. The smallest absolute Gasteiger partial charge is 0.0234 e. The van der Waals surface area contributed by atoms with E-state index in [9.17, 15) is 0 Å².